The molecule has 1 rings (SSSR count). The molecule has 72 valence electrons. The Bertz CT molecular complexity index is 297. The van der Waals surface area contributed by atoms with Gasteiger partial charge >= 0.3 is 0 Å². The molecule has 0 radical (unpaired) electrons. The van der Waals surface area contributed by atoms with Gasteiger partial charge in [0.05, 0.1) is 5.56 Å². The monoisotopic (exact) mass is 243 g/mol. The van der Waals surface area contributed by atoms with Crippen LogP contribution in [0.1, 0.15) is 29.8 Å². The highest BCUT2D eigenvalue weighted by Gasteiger charge is 2.04. The van der Waals surface area contributed by atoms with Crippen LogP contribution in [-0.4, -0.2) is 5.91 Å². The van der Waals surface area contributed by atoms with E-state index in [-0.39, 0.29) is 0 Å². The first kappa shape index (κ1) is 12.2. The van der Waals surface area contributed by atoms with Crippen LogP contribution in [0.15, 0.2) is 22.7 Å². The molecule has 1 aromatic carbocycles. The van der Waals surface area contributed by atoms with E-state index < -0.39 is 5.91 Å². The fourth-order valence-corrected chi connectivity index (χ4v) is 1.27. The smallest absolute Gasteiger partial charge is 0.249 e. The number of primary amides is 1. The third-order valence-electron chi connectivity index (χ3n) is 1.39. The zero-order valence-corrected chi connectivity index (χ0v) is 9.68. The largest absolute Gasteiger partial charge is 0.366 e. The Labute approximate surface area is 87.3 Å². The lowest BCUT2D eigenvalue weighted by Gasteiger charge is -1.99. The molecular weight excluding hydrogens is 230 g/mol. The molecule has 0 bridgehead atoms. The van der Waals surface area contributed by atoms with Crippen LogP contribution in [0.4, 0.5) is 0 Å². The number of carbonyl (C=O) groups excluding carboxylic acids is 1. The molecule has 0 unspecified atom stereocenters. The molecule has 2 N–H and O–H groups in total. The molecule has 2 nitrogen and oxygen atoms in total. The quantitative estimate of drug-likeness (QED) is 0.810. The summed E-state index contributed by atoms with van der Waals surface area (Å²) < 4.78 is 0.746. The predicted octanol–water partition coefficient (Wildman–Crippen LogP) is 2.88. The van der Waals surface area contributed by atoms with Gasteiger partial charge in [0.2, 0.25) is 5.91 Å². The third kappa shape index (κ3) is 3.59. The first-order chi connectivity index (χ1) is 6.11. The number of hydrogen-bond acceptors (Lipinski definition) is 1. The van der Waals surface area contributed by atoms with Gasteiger partial charge in [-0.2, -0.15) is 0 Å². The molecule has 1 aromatic rings. The molecule has 13 heavy (non-hydrogen) atoms. The lowest BCUT2D eigenvalue weighted by atomic mass is 10.1. The molecule has 1 amide bonds. The van der Waals surface area contributed by atoms with Crippen LogP contribution in [-0.2, 0) is 0 Å². The Balaban J connectivity index is 0.000000671. The molecular formula is C10H14BrNO. The van der Waals surface area contributed by atoms with Crippen LogP contribution in [0.5, 0.6) is 0 Å². The van der Waals surface area contributed by atoms with E-state index in [1.807, 2.05) is 32.9 Å². The molecule has 0 saturated heterocycles. The van der Waals surface area contributed by atoms with Crippen molar-refractivity contribution in [3.8, 4) is 0 Å². The van der Waals surface area contributed by atoms with E-state index in [4.69, 9.17) is 5.73 Å². The van der Waals surface area contributed by atoms with E-state index in [0.717, 1.165) is 10.0 Å². The molecule has 0 spiro atoms. The Morgan fingerprint density at radius 1 is 1.38 bits per heavy atom. The molecule has 0 aliphatic heterocycles. The van der Waals surface area contributed by atoms with E-state index in [1.165, 1.54) is 0 Å². The molecule has 3 heteroatoms. The van der Waals surface area contributed by atoms with E-state index >= 15 is 0 Å². The fraction of sp³-hybridized carbons (Fsp3) is 0.300. The highest BCUT2D eigenvalue weighted by molar-refractivity contribution is 9.10. The summed E-state index contributed by atoms with van der Waals surface area (Å²) in [7, 11) is 0. The second kappa shape index (κ2) is 5.75. The van der Waals surface area contributed by atoms with E-state index in [1.54, 1.807) is 6.07 Å². The zero-order chi connectivity index (χ0) is 10.4. The number of benzene rings is 1. The lowest BCUT2D eigenvalue weighted by Crippen LogP contribution is -2.11. The second-order valence-electron chi connectivity index (χ2n) is 2.35. The number of aryl methyl sites for hydroxylation is 1. The standard InChI is InChI=1S/C8H8BrNO.C2H6/c1-5-2-3-7(9)6(4-5)8(10)11;1-2/h2-4H,1H3,(H2,10,11);1-2H3. The van der Waals surface area contributed by atoms with E-state index in [9.17, 15) is 4.79 Å². The minimum absolute atomic E-state index is 0.402. The first-order valence-electron chi connectivity index (χ1n) is 4.17. The summed E-state index contributed by atoms with van der Waals surface area (Å²) >= 11 is 3.23. The number of halogens is 1. The van der Waals surface area contributed by atoms with Crippen molar-refractivity contribution in [2.24, 2.45) is 5.73 Å². The summed E-state index contributed by atoms with van der Waals surface area (Å²) in [5.74, 6) is -0.402. The van der Waals surface area contributed by atoms with E-state index in [2.05, 4.69) is 15.9 Å². The Morgan fingerprint density at radius 3 is 2.31 bits per heavy atom. The van der Waals surface area contributed by atoms with Crippen molar-refractivity contribution in [1.29, 1.82) is 0 Å². The van der Waals surface area contributed by atoms with Crippen LogP contribution in [0, 0.1) is 6.92 Å². The Kier molecular flexibility index (Phi) is 5.39. The van der Waals surface area contributed by atoms with Gasteiger partial charge in [0.25, 0.3) is 0 Å². The normalized spacial score (nSPS) is 8.62. The maximum absolute atomic E-state index is 10.8. The molecule has 0 aromatic heterocycles. The summed E-state index contributed by atoms with van der Waals surface area (Å²) in [6.45, 7) is 5.92. The van der Waals surface area contributed by atoms with Gasteiger partial charge in [0.1, 0.15) is 0 Å². The maximum Gasteiger partial charge on any atom is 0.249 e. The van der Waals surface area contributed by atoms with Gasteiger partial charge < -0.3 is 5.73 Å². The molecule has 0 fully saturated rings. The number of nitrogens with two attached hydrogens (primary N) is 1. The Hall–Kier alpha value is -0.830. The van der Waals surface area contributed by atoms with Crippen LogP contribution in [0.2, 0.25) is 0 Å². The van der Waals surface area contributed by atoms with Gasteiger partial charge in [-0.3, -0.25) is 4.79 Å². The summed E-state index contributed by atoms with van der Waals surface area (Å²) in [5, 5.41) is 0. The van der Waals surface area contributed by atoms with Crippen molar-refractivity contribution < 1.29 is 4.79 Å². The Morgan fingerprint density at radius 2 is 1.92 bits per heavy atom. The number of amides is 1. The molecule has 0 atom stereocenters. The summed E-state index contributed by atoms with van der Waals surface area (Å²) in [6.07, 6.45) is 0. The first-order valence-corrected chi connectivity index (χ1v) is 4.96. The highest BCUT2D eigenvalue weighted by atomic mass is 79.9. The van der Waals surface area contributed by atoms with Crippen molar-refractivity contribution in [3.63, 3.8) is 0 Å². The minimum atomic E-state index is -0.402. The maximum atomic E-state index is 10.8. The molecule has 0 saturated carbocycles. The summed E-state index contributed by atoms with van der Waals surface area (Å²) in [6, 6.07) is 5.48. The van der Waals surface area contributed by atoms with Gasteiger partial charge in [0.15, 0.2) is 0 Å². The van der Waals surface area contributed by atoms with Gasteiger partial charge in [0, 0.05) is 4.47 Å². The van der Waals surface area contributed by atoms with Crippen molar-refractivity contribution in [1.82, 2.24) is 0 Å². The second-order valence-corrected chi connectivity index (χ2v) is 3.20. The highest BCUT2D eigenvalue weighted by Crippen LogP contribution is 2.16. The van der Waals surface area contributed by atoms with Gasteiger partial charge in [-0.1, -0.05) is 25.5 Å². The molecule has 0 aliphatic rings. The summed E-state index contributed by atoms with van der Waals surface area (Å²) in [5.41, 5.74) is 6.68. The lowest BCUT2D eigenvalue weighted by molar-refractivity contribution is 0.0999. The van der Waals surface area contributed by atoms with Crippen molar-refractivity contribution in [2.45, 2.75) is 20.8 Å². The van der Waals surface area contributed by atoms with Gasteiger partial charge in [-0.15, -0.1) is 0 Å². The van der Waals surface area contributed by atoms with Gasteiger partial charge in [-0.25, -0.2) is 0 Å². The van der Waals surface area contributed by atoms with Crippen LogP contribution in [0.3, 0.4) is 0 Å². The average molecular weight is 244 g/mol. The van der Waals surface area contributed by atoms with Crippen LogP contribution in [0.25, 0.3) is 0 Å². The van der Waals surface area contributed by atoms with Crippen molar-refractivity contribution in [2.75, 3.05) is 0 Å². The fourth-order valence-electron chi connectivity index (χ4n) is 0.828. The van der Waals surface area contributed by atoms with Crippen LogP contribution < -0.4 is 5.73 Å². The van der Waals surface area contributed by atoms with E-state index in [0.29, 0.717) is 5.56 Å². The van der Waals surface area contributed by atoms with Crippen molar-refractivity contribution >= 4 is 21.8 Å². The summed E-state index contributed by atoms with van der Waals surface area (Å²) in [4.78, 5) is 10.8. The van der Waals surface area contributed by atoms with Gasteiger partial charge in [-0.05, 0) is 35.0 Å². The molecule has 0 aliphatic carbocycles. The topological polar surface area (TPSA) is 43.1 Å². The molecule has 0 heterocycles. The number of carbonyl (C=O) groups is 1. The van der Waals surface area contributed by atoms with Crippen LogP contribution >= 0.6 is 15.9 Å². The average Bonchev–Trinajstić information content (AvgIpc) is 2.12. The zero-order valence-electron chi connectivity index (χ0n) is 8.10. The van der Waals surface area contributed by atoms with Crippen molar-refractivity contribution in [3.05, 3.63) is 33.8 Å². The SMILES string of the molecule is CC.Cc1ccc(Br)c(C(N)=O)c1. The number of hydrogen-bond donors (Lipinski definition) is 1. The predicted molar refractivity (Wildman–Crippen MR) is 58.7 cm³/mol. The minimum Gasteiger partial charge on any atom is -0.366 e. The third-order valence-corrected chi connectivity index (χ3v) is 2.08. The number of rotatable bonds is 1.